The average molecular weight is 259 g/mol. The molecule has 5 heteroatoms. The van der Waals surface area contributed by atoms with Crippen molar-refractivity contribution in [3.63, 3.8) is 0 Å². The van der Waals surface area contributed by atoms with Crippen molar-refractivity contribution >= 4 is 17.3 Å². The summed E-state index contributed by atoms with van der Waals surface area (Å²) in [5.41, 5.74) is 1.26. The highest BCUT2D eigenvalue weighted by Gasteiger charge is 2.15. The van der Waals surface area contributed by atoms with Crippen LogP contribution in [0.15, 0.2) is 40.9 Å². The average Bonchev–Trinajstić information content (AvgIpc) is 2.81. The van der Waals surface area contributed by atoms with Gasteiger partial charge in [-0.2, -0.15) is 0 Å². The third kappa shape index (κ3) is 1.89. The Kier molecular flexibility index (Phi) is 2.59. The van der Waals surface area contributed by atoms with Crippen LogP contribution >= 0.6 is 0 Å². The number of hydrogen-bond donors (Lipinski definition) is 0. The van der Waals surface area contributed by atoms with E-state index in [1.54, 1.807) is 0 Å². The Bertz CT molecular complexity index is 780. The molecule has 3 aromatic rings. The van der Waals surface area contributed by atoms with Gasteiger partial charge in [-0.05, 0) is 36.4 Å². The van der Waals surface area contributed by atoms with Crippen LogP contribution in [0.2, 0.25) is 0 Å². The molecule has 0 radical (unpaired) electrons. The van der Waals surface area contributed by atoms with Crippen molar-refractivity contribution in [2.24, 2.45) is 0 Å². The van der Waals surface area contributed by atoms with Crippen LogP contribution in [-0.4, -0.2) is 11.4 Å². The molecule has 94 valence electrons. The molecule has 2 aromatic carbocycles. The van der Waals surface area contributed by atoms with Crippen molar-refractivity contribution in [1.29, 1.82) is 0 Å². The predicted molar refractivity (Wildman–Crippen MR) is 64.7 cm³/mol. The number of benzene rings is 2. The molecule has 0 spiro atoms. The molecular weight excluding hydrogens is 252 g/mol. The van der Waals surface area contributed by atoms with Crippen molar-refractivity contribution in [2.75, 3.05) is 0 Å². The Morgan fingerprint density at radius 2 is 1.79 bits per heavy atom. The lowest BCUT2D eigenvalue weighted by Gasteiger charge is -2.01. The van der Waals surface area contributed by atoms with Crippen LogP contribution in [0, 0.1) is 11.6 Å². The lowest BCUT2D eigenvalue weighted by Crippen LogP contribution is -1.90. The van der Waals surface area contributed by atoms with Gasteiger partial charge in [-0.25, -0.2) is 8.78 Å². The Labute approximate surface area is 106 Å². The van der Waals surface area contributed by atoms with E-state index >= 15 is 0 Å². The third-order valence-corrected chi connectivity index (χ3v) is 2.83. The molecule has 1 aromatic heterocycles. The molecule has 0 aliphatic heterocycles. The summed E-state index contributed by atoms with van der Waals surface area (Å²) in [4.78, 5) is 11.0. The van der Waals surface area contributed by atoms with Crippen LogP contribution in [0.4, 0.5) is 8.78 Å². The van der Waals surface area contributed by atoms with E-state index in [9.17, 15) is 13.6 Å². The fraction of sp³-hybridized carbons (Fsp3) is 0. The summed E-state index contributed by atoms with van der Waals surface area (Å²) in [7, 11) is 0. The normalized spacial score (nSPS) is 10.8. The summed E-state index contributed by atoms with van der Waals surface area (Å²) < 4.78 is 31.4. The van der Waals surface area contributed by atoms with Gasteiger partial charge in [0.2, 0.25) is 0 Å². The number of carbonyl (C=O) groups excluding carboxylic acids is 1. The lowest BCUT2D eigenvalue weighted by atomic mass is 10.0. The predicted octanol–water partition coefficient (Wildman–Crippen LogP) is 3.59. The molecule has 0 saturated carbocycles. The molecule has 3 rings (SSSR count). The van der Waals surface area contributed by atoms with Gasteiger partial charge in [-0.3, -0.25) is 4.79 Å². The first-order chi connectivity index (χ1) is 9.19. The summed E-state index contributed by atoms with van der Waals surface area (Å²) in [6.45, 7) is 0. The van der Waals surface area contributed by atoms with Gasteiger partial charge in [-0.1, -0.05) is 5.16 Å². The van der Waals surface area contributed by atoms with Crippen molar-refractivity contribution in [1.82, 2.24) is 5.16 Å². The van der Waals surface area contributed by atoms with Crippen LogP contribution in [0.1, 0.15) is 10.4 Å². The summed E-state index contributed by atoms with van der Waals surface area (Å²) in [5, 5.41) is 4.26. The molecule has 0 aliphatic carbocycles. The van der Waals surface area contributed by atoms with Gasteiger partial charge in [0.25, 0.3) is 0 Å². The maximum absolute atomic E-state index is 13.3. The molecule has 0 aliphatic rings. The van der Waals surface area contributed by atoms with Gasteiger partial charge < -0.3 is 4.52 Å². The fourth-order valence-corrected chi connectivity index (χ4v) is 1.95. The van der Waals surface area contributed by atoms with Gasteiger partial charge in [0.1, 0.15) is 17.3 Å². The number of carbonyl (C=O) groups is 1. The fourth-order valence-electron chi connectivity index (χ4n) is 1.95. The molecule has 0 saturated heterocycles. The first kappa shape index (κ1) is 11.5. The number of nitrogens with zero attached hydrogens (tertiary/aromatic N) is 1. The third-order valence-electron chi connectivity index (χ3n) is 2.83. The van der Waals surface area contributed by atoms with Crippen molar-refractivity contribution in [2.45, 2.75) is 0 Å². The van der Waals surface area contributed by atoms with E-state index in [1.807, 2.05) is 0 Å². The topological polar surface area (TPSA) is 43.1 Å². The van der Waals surface area contributed by atoms with Gasteiger partial charge >= 0.3 is 0 Å². The number of aromatic nitrogens is 1. The maximum Gasteiger partial charge on any atom is 0.167 e. The monoisotopic (exact) mass is 259 g/mol. The van der Waals surface area contributed by atoms with Crippen molar-refractivity contribution < 1.29 is 18.1 Å². The van der Waals surface area contributed by atoms with Gasteiger partial charge in [-0.15, -0.1) is 0 Å². The van der Waals surface area contributed by atoms with Gasteiger partial charge in [0.05, 0.1) is 5.39 Å². The molecule has 3 nitrogen and oxygen atoms in total. The minimum absolute atomic E-state index is 0.138. The minimum Gasteiger partial charge on any atom is -0.356 e. The van der Waals surface area contributed by atoms with Crippen LogP contribution in [0.3, 0.4) is 0 Å². The van der Waals surface area contributed by atoms with Gasteiger partial charge in [0.15, 0.2) is 11.9 Å². The van der Waals surface area contributed by atoms with Crippen LogP contribution in [0.25, 0.3) is 22.2 Å². The van der Waals surface area contributed by atoms with E-state index in [1.165, 1.54) is 30.3 Å². The standard InChI is InChI=1S/C14H7F2NO2/c15-9-1-3-11(8(5-9)7-18)14-12-6-10(16)2-4-13(12)19-17-14/h1-7H. The quantitative estimate of drug-likeness (QED) is 0.660. The second-order valence-corrected chi connectivity index (χ2v) is 4.02. The molecule has 1 heterocycles. The highest BCUT2D eigenvalue weighted by Crippen LogP contribution is 2.30. The highest BCUT2D eigenvalue weighted by atomic mass is 19.1. The van der Waals surface area contributed by atoms with Crippen LogP contribution < -0.4 is 0 Å². The molecular formula is C14H7F2NO2. The van der Waals surface area contributed by atoms with Gasteiger partial charge in [0, 0.05) is 11.1 Å². The number of hydrogen-bond acceptors (Lipinski definition) is 3. The number of halogens is 2. The molecule has 0 unspecified atom stereocenters. The Morgan fingerprint density at radius 1 is 1.05 bits per heavy atom. The number of fused-ring (bicyclic) bond motifs is 1. The van der Waals surface area contributed by atoms with E-state index in [0.717, 1.165) is 6.07 Å². The SMILES string of the molecule is O=Cc1cc(F)ccc1-c1noc2ccc(F)cc12. The smallest absolute Gasteiger partial charge is 0.167 e. The van der Waals surface area contributed by atoms with E-state index in [-0.39, 0.29) is 5.56 Å². The summed E-state index contributed by atoms with van der Waals surface area (Å²) in [6.07, 6.45) is 0.526. The van der Waals surface area contributed by atoms with Crippen molar-refractivity contribution in [3.05, 3.63) is 53.6 Å². The molecule has 19 heavy (non-hydrogen) atoms. The zero-order valence-corrected chi connectivity index (χ0v) is 9.56. The summed E-state index contributed by atoms with van der Waals surface area (Å²) in [6, 6.07) is 7.69. The number of aldehydes is 1. The van der Waals surface area contributed by atoms with Crippen LogP contribution in [0.5, 0.6) is 0 Å². The molecule has 0 fully saturated rings. The van der Waals surface area contributed by atoms with E-state index in [4.69, 9.17) is 4.52 Å². The minimum atomic E-state index is -0.523. The van der Waals surface area contributed by atoms with E-state index in [2.05, 4.69) is 5.16 Å². The van der Waals surface area contributed by atoms with Crippen LogP contribution in [-0.2, 0) is 0 Å². The first-order valence-electron chi connectivity index (χ1n) is 5.49. The van der Waals surface area contributed by atoms with E-state index < -0.39 is 11.6 Å². The summed E-state index contributed by atoms with van der Waals surface area (Å²) in [5.74, 6) is -0.962. The molecule has 0 amide bonds. The number of rotatable bonds is 2. The summed E-state index contributed by atoms with van der Waals surface area (Å²) >= 11 is 0. The van der Waals surface area contributed by atoms with E-state index in [0.29, 0.717) is 28.5 Å². The van der Waals surface area contributed by atoms with Crippen molar-refractivity contribution in [3.8, 4) is 11.3 Å². The highest BCUT2D eigenvalue weighted by molar-refractivity contribution is 5.97. The zero-order valence-electron chi connectivity index (χ0n) is 9.56. The first-order valence-corrected chi connectivity index (χ1v) is 5.49. The molecule has 0 atom stereocenters. The maximum atomic E-state index is 13.3. The second kappa shape index (κ2) is 4.28. The molecule has 0 N–H and O–H groups in total. The lowest BCUT2D eigenvalue weighted by molar-refractivity contribution is 0.112. The Hall–Kier alpha value is -2.56. The Morgan fingerprint density at radius 3 is 2.58 bits per heavy atom. The zero-order chi connectivity index (χ0) is 13.4. The Balaban J connectivity index is 2.30. The molecule has 0 bridgehead atoms. The largest absolute Gasteiger partial charge is 0.356 e. The second-order valence-electron chi connectivity index (χ2n) is 4.02.